The van der Waals surface area contributed by atoms with Gasteiger partial charge in [-0.1, -0.05) is 25.4 Å². The molecular weight excluding hydrogens is 276 g/mol. The number of hydrogen-bond donors (Lipinski definition) is 1. The van der Waals surface area contributed by atoms with Gasteiger partial charge in [0, 0.05) is 22.9 Å². The Kier molecular flexibility index (Phi) is 4.25. The summed E-state index contributed by atoms with van der Waals surface area (Å²) in [6.45, 7) is 4.14. The summed E-state index contributed by atoms with van der Waals surface area (Å²) in [5, 5.41) is 13.8. The van der Waals surface area contributed by atoms with E-state index in [0.717, 1.165) is 17.5 Å². The molecule has 2 rings (SSSR count). The predicted octanol–water partition coefficient (Wildman–Crippen LogP) is 3.75. The van der Waals surface area contributed by atoms with E-state index in [1.54, 1.807) is 16.8 Å². The van der Waals surface area contributed by atoms with Gasteiger partial charge in [-0.05, 0) is 36.3 Å². The van der Waals surface area contributed by atoms with Crippen LogP contribution in [-0.4, -0.2) is 20.9 Å². The van der Waals surface area contributed by atoms with Crippen molar-refractivity contribution in [2.75, 3.05) is 0 Å². The number of halogens is 1. The maximum Gasteiger partial charge on any atom is 0.328 e. The van der Waals surface area contributed by atoms with Crippen molar-refractivity contribution in [2.45, 2.75) is 19.8 Å². The third-order valence-corrected chi connectivity index (χ3v) is 3.08. The lowest BCUT2D eigenvalue weighted by molar-refractivity contribution is -0.131. The Bertz CT molecular complexity index is 660. The highest BCUT2D eigenvalue weighted by Gasteiger charge is 2.08. The zero-order valence-corrected chi connectivity index (χ0v) is 12.0. The molecular formula is C15H15ClN2O2. The fourth-order valence-corrected chi connectivity index (χ4v) is 1.99. The van der Waals surface area contributed by atoms with E-state index in [4.69, 9.17) is 16.7 Å². The van der Waals surface area contributed by atoms with Crippen LogP contribution in [0.2, 0.25) is 5.02 Å². The second-order valence-corrected chi connectivity index (χ2v) is 5.15. The van der Waals surface area contributed by atoms with Crippen LogP contribution in [-0.2, 0) is 4.79 Å². The lowest BCUT2D eigenvalue weighted by Gasteiger charge is -2.07. The summed E-state index contributed by atoms with van der Waals surface area (Å²) in [5.74, 6) is -0.666. The molecule has 0 unspecified atom stereocenters. The Balaban J connectivity index is 2.46. The molecule has 1 aromatic heterocycles. The SMILES string of the molecule is CC(C)c1ccn(-c2ccc(Cl)cc2/C=C/C(=O)O)n1. The second kappa shape index (κ2) is 5.92. The molecule has 0 amide bonds. The Labute approximate surface area is 122 Å². The molecule has 0 saturated heterocycles. The van der Waals surface area contributed by atoms with Crippen molar-refractivity contribution in [2.24, 2.45) is 0 Å². The summed E-state index contributed by atoms with van der Waals surface area (Å²) < 4.78 is 1.73. The Morgan fingerprint density at radius 2 is 2.15 bits per heavy atom. The lowest BCUT2D eigenvalue weighted by atomic mass is 10.1. The molecule has 0 saturated carbocycles. The number of aliphatic carboxylic acids is 1. The van der Waals surface area contributed by atoms with E-state index in [1.165, 1.54) is 6.08 Å². The summed E-state index contributed by atoms with van der Waals surface area (Å²) >= 11 is 5.96. The highest BCUT2D eigenvalue weighted by Crippen LogP contribution is 2.22. The summed E-state index contributed by atoms with van der Waals surface area (Å²) in [4.78, 5) is 10.7. The quantitative estimate of drug-likeness (QED) is 0.873. The molecule has 20 heavy (non-hydrogen) atoms. The topological polar surface area (TPSA) is 55.1 Å². The van der Waals surface area contributed by atoms with Crippen molar-refractivity contribution in [3.8, 4) is 5.69 Å². The fraction of sp³-hybridized carbons (Fsp3) is 0.200. The third kappa shape index (κ3) is 3.27. The first-order chi connectivity index (χ1) is 9.47. The molecule has 0 aliphatic rings. The van der Waals surface area contributed by atoms with Crippen LogP contribution in [0.5, 0.6) is 0 Å². The molecule has 5 heteroatoms. The summed E-state index contributed by atoms with van der Waals surface area (Å²) in [5.41, 5.74) is 2.48. The molecule has 0 fully saturated rings. The monoisotopic (exact) mass is 290 g/mol. The van der Waals surface area contributed by atoms with Gasteiger partial charge in [-0.25, -0.2) is 9.48 Å². The summed E-state index contributed by atoms with van der Waals surface area (Å²) in [6.07, 6.45) is 4.46. The highest BCUT2D eigenvalue weighted by atomic mass is 35.5. The van der Waals surface area contributed by atoms with E-state index < -0.39 is 5.97 Å². The lowest BCUT2D eigenvalue weighted by Crippen LogP contribution is -2.00. The molecule has 0 aliphatic heterocycles. The minimum Gasteiger partial charge on any atom is -0.478 e. The molecule has 0 atom stereocenters. The van der Waals surface area contributed by atoms with Crippen LogP contribution in [0.15, 0.2) is 36.5 Å². The first-order valence-corrected chi connectivity index (χ1v) is 6.61. The van der Waals surface area contributed by atoms with Gasteiger partial charge in [0.25, 0.3) is 0 Å². The zero-order valence-electron chi connectivity index (χ0n) is 11.2. The van der Waals surface area contributed by atoms with Gasteiger partial charge in [0.05, 0.1) is 11.4 Å². The van der Waals surface area contributed by atoms with Crippen LogP contribution >= 0.6 is 11.6 Å². The number of hydrogen-bond acceptors (Lipinski definition) is 2. The van der Waals surface area contributed by atoms with Gasteiger partial charge in [0.15, 0.2) is 0 Å². The molecule has 0 spiro atoms. The average molecular weight is 291 g/mol. The number of carboxylic acids is 1. The Hall–Kier alpha value is -2.07. The summed E-state index contributed by atoms with van der Waals surface area (Å²) in [6, 6.07) is 7.24. The van der Waals surface area contributed by atoms with Gasteiger partial charge in [-0.2, -0.15) is 5.10 Å². The third-order valence-electron chi connectivity index (χ3n) is 2.84. The van der Waals surface area contributed by atoms with Crippen LogP contribution in [0.1, 0.15) is 31.0 Å². The molecule has 104 valence electrons. The van der Waals surface area contributed by atoms with Crippen LogP contribution in [0.25, 0.3) is 11.8 Å². The minimum atomic E-state index is -1.00. The molecule has 2 aromatic rings. The number of rotatable bonds is 4. The largest absolute Gasteiger partial charge is 0.478 e. The van der Waals surface area contributed by atoms with Crippen LogP contribution in [0.3, 0.4) is 0 Å². The molecule has 4 nitrogen and oxygen atoms in total. The number of nitrogens with zero attached hydrogens (tertiary/aromatic N) is 2. The molecule has 1 N–H and O–H groups in total. The molecule has 0 bridgehead atoms. The minimum absolute atomic E-state index is 0.335. The number of aromatic nitrogens is 2. The number of benzene rings is 1. The average Bonchev–Trinajstić information content (AvgIpc) is 2.86. The fourth-order valence-electron chi connectivity index (χ4n) is 1.81. The predicted molar refractivity (Wildman–Crippen MR) is 79.3 cm³/mol. The van der Waals surface area contributed by atoms with Crippen molar-refractivity contribution in [3.63, 3.8) is 0 Å². The smallest absolute Gasteiger partial charge is 0.328 e. The van der Waals surface area contributed by atoms with E-state index in [2.05, 4.69) is 18.9 Å². The first-order valence-electron chi connectivity index (χ1n) is 6.24. The van der Waals surface area contributed by atoms with Crippen molar-refractivity contribution >= 4 is 23.6 Å². The maximum absolute atomic E-state index is 10.7. The number of carboxylic acid groups (broad SMARTS) is 1. The van der Waals surface area contributed by atoms with Gasteiger partial charge in [0.1, 0.15) is 0 Å². The van der Waals surface area contributed by atoms with Crippen molar-refractivity contribution in [3.05, 3.63) is 52.8 Å². The maximum atomic E-state index is 10.7. The van der Waals surface area contributed by atoms with Gasteiger partial charge < -0.3 is 5.11 Å². The molecule has 1 aromatic carbocycles. The molecule has 0 aliphatic carbocycles. The summed E-state index contributed by atoms with van der Waals surface area (Å²) in [7, 11) is 0. The van der Waals surface area contributed by atoms with Gasteiger partial charge >= 0.3 is 5.97 Å². The van der Waals surface area contributed by atoms with E-state index >= 15 is 0 Å². The van der Waals surface area contributed by atoms with Crippen LogP contribution in [0.4, 0.5) is 0 Å². The van der Waals surface area contributed by atoms with E-state index in [-0.39, 0.29) is 0 Å². The van der Waals surface area contributed by atoms with E-state index in [9.17, 15) is 4.79 Å². The zero-order chi connectivity index (χ0) is 14.7. The van der Waals surface area contributed by atoms with E-state index in [0.29, 0.717) is 16.5 Å². The standard InChI is InChI=1S/C15H15ClN2O2/c1-10(2)13-7-8-18(17-13)14-5-4-12(16)9-11(14)3-6-15(19)20/h3-10H,1-2H3,(H,19,20)/b6-3+. The van der Waals surface area contributed by atoms with Gasteiger partial charge in [0.2, 0.25) is 0 Å². The highest BCUT2D eigenvalue weighted by molar-refractivity contribution is 6.30. The van der Waals surface area contributed by atoms with E-state index in [1.807, 2.05) is 18.3 Å². The first kappa shape index (κ1) is 14.3. The Morgan fingerprint density at radius 3 is 2.75 bits per heavy atom. The van der Waals surface area contributed by atoms with Crippen molar-refractivity contribution < 1.29 is 9.90 Å². The van der Waals surface area contributed by atoms with Crippen LogP contribution < -0.4 is 0 Å². The van der Waals surface area contributed by atoms with Gasteiger partial charge in [-0.3, -0.25) is 0 Å². The van der Waals surface area contributed by atoms with Crippen LogP contribution in [0, 0.1) is 0 Å². The van der Waals surface area contributed by atoms with Crippen molar-refractivity contribution in [1.29, 1.82) is 0 Å². The normalized spacial score (nSPS) is 11.4. The number of carbonyl (C=O) groups is 1. The molecule has 0 radical (unpaired) electrons. The Morgan fingerprint density at radius 1 is 1.40 bits per heavy atom. The second-order valence-electron chi connectivity index (χ2n) is 4.71. The molecule has 1 heterocycles. The van der Waals surface area contributed by atoms with Crippen molar-refractivity contribution in [1.82, 2.24) is 9.78 Å². The van der Waals surface area contributed by atoms with Gasteiger partial charge in [-0.15, -0.1) is 0 Å².